The van der Waals surface area contributed by atoms with Crippen LogP contribution in [0.5, 0.6) is 5.75 Å². The molecule has 0 aliphatic heterocycles. The number of carbonyl (C=O) groups excluding carboxylic acids is 2. The molecule has 5 nitrogen and oxygen atoms in total. The zero-order valence-electron chi connectivity index (χ0n) is 13.6. The standard InChI is InChI=1S/C19H19FN2O3/c20-14-6-8-17(9-7-14)25-11-10-18(23)21-15-2-1-3-16(12-15)22-19(24)13-4-5-13/h1-3,6-9,12-13H,4-5,10-11H2,(H,21,23)(H,22,24). The maximum absolute atomic E-state index is 12.8. The minimum atomic E-state index is -0.334. The Kier molecular flexibility index (Phi) is 5.28. The number of amides is 2. The van der Waals surface area contributed by atoms with Gasteiger partial charge in [-0.25, -0.2) is 4.39 Å². The molecule has 1 fully saturated rings. The summed E-state index contributed by atoms with van der Waals surface area (Å²) in [6, 6.07) is 12.7. The van der Waals surface area contributed by atoms with E-state index in [0.717, 1.165) is 12.8 Å². The van der Waals surface area contributed by atoms with Gasteiger partial charge < -0.3 is 15.4 Å². The fourth-order valence-corrected chi connectivity index (χ4v) is 2.28. The van der Waals surface area contributed by atoms with Crippen LogP contribution in [-0.2, 0) is 9.59 Å². The Morgan fingerprint density at radius 2 is 1.72 bits per heavy atom. The third-order valence-corrected chi connectivity index (χ3v) is 3.77. The molecule has 0 radical (unpaired) electrons. The molecule has 2 aromatic carbocycles. The average Bonchev–Trinajstić information content (AvgIpc) is 3.42. The van der Waals surface area contributed by atoms with Gasteiger partial charge in [0.15, 0.2) is 0 Å². The second-order valence-corrected chi connectivity index (χ2v) is 5.94. The first-order chi connectivity index (χ1) is 12.1. The Labute approximate surface area is 145 Å². The molecule has 130 valence electrons. The summed E-state index contributed by atoms with van der Waals surface area (Å²) in [6.45, 7) is 0.190. The van der Waals surface area contributed by atoms with Crippen LogP contribution in [0.4, 0.5) is 15.8 Å². The Morgan fingerprint density at radius 3 is 2.40 bits per heavy atom. The lowest BCUT2D eigenvalue weighted by molar-refractivity contribution is -0.117. The number of nitrogens with one attached hydrogen (secondary N) is 2. The van der Waals surface area contributed by atoms with Crippen molar-refractivity contribution in [3.63, 3.8) is 0 Å². The smallest absolute Gasteiger partial charge is 0.227 e. The van der Waals surface area contributed by atoms with Crippen molar-refractivity contribution >= 4 is 23.2 Å². The van der Waals surface area contributed by atoms with E-state index < -0.39 is 0 Å². The lowest BCUT2D eigenvalue weighted by Crippen LogP contribution is -2.16. The zero-order valence-corrected chi connectivity index (χ0v) is 13.6. The van der Waals surface area contributed by atoms with Gasteiger partial charge >= 0.3 is 0 Å². The fraction of sp³-hybridized carbons (Fsp3) is 0.263. The quantitative estimate of drug-likeness (QED) is 0.808. The van der Waals surface area contributed by atoms with Gasteiger partial charge in [-0.3, -0.25) is 9.59 Å². The summed E-state index contributed by atoms with van der Waals surface area (Å²) < 4.78 is 18.2. The molecule has 2 amide bonds. The topological polar surface area (TPSA) is 67.4 Å². The highest BCUT2D eigenvalue weighted by Crippen LogP contribution is 2.30. The predicted octanol–water partition coefficient (Wildman–Crippen LogP) is 3.58. The normalized spacial score (nSPS) is 13.2. The molecule has 0 bridgehead atoms. The molecule has 0 saturated heterocycles. The van der Waals surface area contributed by atoms with E-state index in [4.69, 9.17) is 4.74 Å². The van der Waals surface area contributed by atoms with Crippen LogP contribution >= 0.6 is 0 Å². The molecular formula is C19H19FN2O3. The summed E-state index contributed by atoms with van der Waals surface area (Å²) in [7, 11) is 0. The maximum atomic E-state index is 12.8. The van der Waals surface area contributed by atoms with E-state index in [2.05, 4.69) is 10.6 Å². The van der Waals surface area contributed by atoms with E-state index in [0.29, 0.717) is 17.1 Å². The van der Waals surface area contributed by atoms with Gasteiger partial charge in [-0.05, 0) is 55.3 Å². The Hall–Kier alpha value is -2.89. The molecule has 0 atom stereocenters. The molecule has 1 saturated carbocycles. The Balaban J connectivity index is 1.45. The van der Waals surface area contributed by atoms with Crippen LogP contribution < -0.4 is 15.4 Å². The minimum absolute atomic E-state index is 0.0242. The highest BCUT2D eigenvalue weighted by atomic mass is 19.1. The number of benzene rings is 2. The van der Waals surface area contributed by atoms with Gasteiger partial charge in [0.25, 0.3) is 0 Å². The first kappa shape index (κ1) is 17.0. The Morgan fingerprint density at radius 1 is 1.04 bits per heavy atom. The molecule has 3 rings (SSSR count). The largest absolute Gasteiger partial charge is 0.493 e. The third kappa shape index (κ3) is 5.31. The van der Waals surface area contributed by atoms with Crippen molar-refractivity contribution in [1.29, 1.82) is 0 Å². The van der Waals surface area contributed by atoms with Crippen LogP contribution in [-0.4, -0.2) is 18.4 Å². The number of ether oxygens (including phenoxy) is 1. The van der Waals surface area contributed by atoms with E-state index in [1.54, 1.807) is 24.3 Å². The first-order valence-electron chi connectivity index (χ1n) is 8.19. The minimum Gasteiger partial charge on any atom is -0.493 e. The number of hydrogen-bond donors (Lipinski definition) is 2. The summed E-state index contributed by atoms with van der Waals surface area (Å²) in [4.78, 5) is 23.7. The number of halogens is 1. The monoisotopic (exact) mass is 342 g/mol. The summed E-state index contributed by atoms with van der Waals surface area (Å²) >= 11 is 0. The highest BCUT2D eigenvalue weighted by molar-refractivity contribution is 5.95. The zero-order chi connectivity index (χ0) is 17.6. The van der Waals surface area contributed by atoms with Crippen LogP contribution in [0.25, 0.3) is 0 Å². The number of anilines is 2. The molecule has 0 heterocycles. The van der Waals surface area contributed by atoms with Crippen molar-refractivity contribution in [3.8, 4) is 5.75 Å². The second-order valence-electron chi connectivity index (χ2n) is 5.94. The van der Waals surface area contributed by atoms with E-state index in [1.807, 2.05) is 0 Å². The molecule has 2 N–H and O–H groups in total. The third-order valence-electron chi connectivity index (χ3n) is 3.77. The molecule has 6 heteroatoms. The van der Waals surface area contributed by atoms with Crippen LogP contribution in [0.1, 0.15) is 19.3 Å². The van der Waals surface area contributed by atoms with E-state index in [-0.39, 0.29) is 36.6 Å². The van der Waals surface area contributed by atoms with Crippen molar-refractivity contribution in [3.05, 3.63) is 54.3 Å². The molecule has 0 spiro atoms. The number of carbonyl (C=O) groups is 2. The fourth-order valence-electron chi connectivity index (χ4n) is 2.28. The number of rotatable bonds is 7. The summed E-state index contributed by atoms with van der Waals surface area (Å²) in [5, 5.41) is 5.61. The van der Waals surface area contributed by atoms with Gasteiger partial charge in [-0.2, -0.15) is 0 Å². The van der Waals surface area contributed by atoms with Crippen LogP contribution in [0.3, 0.4) is 0 Å². The molecule has 25 heavy (non-hydrogen) atoms. The van der Waals surface area contributed by atoms with Crippen molar-refractivity contribution in [2.75, 3.05) is 17.2 Å². The van der Waals surface area contributed by atoms with Gasteiger partial charge in [0.2, 0.25) is 11.8 Å². The molecule has 0 unspecified atom stereocenters. The molecule has 2 aromatic rings. The van der Waals surface area contributed by atoms with Gasteiger partial charge in [0, 0.05) is 17.3 Å². The van der Waals surface area contributed by atoms with Crippen molar-refractivity contribution in [1.82, 2.24) is 0 Å². The lowest BCUT2D eigenvalue weighted by Gasteiger charge is -2.09. The summed E-state index contributed by atoms with van der Waals surface area (Å²) in [5.74, 6) is 0.128. The van der Waals surface area contributed by atoms with Crippen molar-refractivity contribution in [2.45, 2.75) is 19.3 Å². The van der Waals surface area contributed by atoms with Crippen LogP contribution in [0.2, 0.25) is 0 Å². The van der Waals surface area contributed by atoms with Gasteiger partial charge in [0.1, 0.15) is 11.6 Å². The van der Waals surface area contributed by atoms with E-state index in [9.17, 15) is 14.0 Å². The van der Waals surface area contributed by atoms with Crippen molar-refractivity contribution in [2.24, 2.45) is 5.92 Å². The molecule has 1 aliphatic rings. The lowest BCUT2D eigenvalue weighted by atomic mass is 10.2. The molecule has 1 aliphatic carbocycles. The van der Waals surface area contributed by atoms with Crippen LogP contribution in [0.15, 0.2) is 48.5 Å². The summed E-state index contributed by atoms with van der Waals surface area (Å²) in [6.07, 6.45) is 2.04. The van der Waals surface area contributed by atoms with Gasteiger partial charge in [-0.15, -0.1) is 0 Å². The van der Waals surface area contributed by atoms with Crippen LogP contribution in [0, 0.1) is 11.7 Å². The molecular weight excluding hydrogens is 323 g/mol. The van der Waals surface area contributed by atoms with Gasteiger partial charge in [0.05, 0.1) is 13.0 Å². The Bertz CT molecular complexity index is 758. The average molecular weight is 342 g/mol. The highest BCUT2D eigenvalue weighted by Gasteiger charge is 2.29. The SMILES string of the molecule is O=C(CCOc1ccc(F)cc1)Nc1cccc(NC(=O)C2CC2)c1. The maximum Gasteiger partial charge on any atom is 0.227 e. The second kappa shape index (κ2) is 7.79. The molecule has 0 aromatic heterocycles. The van der Waals surface area contributed by atoms with E-state index in [1.165, 1.54) is 24.3 Å². The summed E-state index contributed by atoms with van der Waals surface area (Å²) in [5.41, 5.74) is 1.28. The predicted molar refractivity (Wildman–Crippen MR) is 92.9 cm³/mol. The number of hydrogen-bond acceptors (Lipinski definition) is 3. The van der Waals surface area contributed by atoms with Gasteiger partial charge in [-0.1, -0.05) is 6.07 Å². The van der Waals surface area contributed by atoms with E-state index >= 15 is 0 Å². The first-order valence-corrected chi connectivity index (χ1v) is 8.19. The van der Waals surface area contributed by atoms with Crippen molar-refractivity contribution < 1.29 is 18.7 Å².